The highest BCUT2D eigenvalue weighted by atomic mass is 32.2. The molecule has 0 aliphatic heterocycles. The number of sulfonamides is 1. The second-order valence-corrected chi connectivity index (χ2v) is 5.69. The maximum atomic E-state index is 12.1. The van der Waals surface area contributed by atoms with E-state index in [1.807, 2.05) is 0 Å². The zero-order valence-electron chi connectivity index (χ0n) is 10.1. The van der Waals surface area contributed by atoms with Crippen LogP contribution in [0.15, 0.2) is 35.7 Å². The fourth-order valence-corrected chi connectivity index (χ4v) is 2.58. The van der Waals surface area contributed by atoms with Crippen LogP contribution >= 0.6 is 0 Å². The highest BCUT2D eigenvalue weighted by molar-refractivity contribution is 7.92. The van der Waals surface area contributed by atoms with Crippen molar-refractivity contribution in [3.63, 3.8) is 0 Å². The van der Waals surface area contributed by atoms with Gasteiger partial charge in [-0.25, -0.2) is 4.98 Å². The van der Waals surface area contributed by atoms with E-state index >= 15 is 0 Å². The number of hydrogen-bond acceptors (Lipinski definition) is 4. The van der Waals surface area contributed by atoms with E-state index < -0.39 is 10.0 Å². The van der Waals surface area contributed by atoms with Crippen LogP contribution in [-0.2, 0) is 17.1 Å². The first-order chi connectivity index (χ1) is 8.38. The molecule has 0 fully saturated rings. The van der Waals surface area contributed by atoms with Gasteiger partial charge in [0, 0.05) is 18.9 Å². The van der Waals surface area contributed by atoms with Crippen molar-refractivity contribution in [1.82, 2.24) is 9.55 Å². The number of nitrogen functional groups attached to an aromatic ring is 1. The molecule has 1 heterocycles. The topological polar surface area (TPSA) is 90.0 Å². The Hall–Kier alpha value is -2.02. The molecule has 0 aliphatic carbocycles. The lowest BCUT2D eigenvalue weighted by Crippen LogP contribution is -2.14. The number of nitrogens with one attached hydrogen (secondary N) is 1. The number of anilines is 2. The van der Waals surface area contributed by atoms with Gasteiger partial charge >= 0.3 is 0 Å². The summed E-state index contributed by atoms with van der Waals surface area (Å²) in [4.78, 5) is 3.82. The summed E-state index contributed by atoms with van der Waals surface area (Å²) < 4.78 is 28.1. The van der Waals surface area contributed by atoms with Gasteiger partial charge in [0.2, 0.25) is 0 Å². The molecular weight excluding hydrogens is 252 g/mol. The van der Waals surface area contributed by atoms with Crippen molar-refractivity contribution in [3.05, 3.63) is 36.3 Å². The van der Waals surface area contributed by atoms with Crippen molar-refractivity contribution in [2.24, 2.45) is 7.05 Å². The third-order valence-electron chi connectivity index (χ3n) is 2.46. The highest BCUT2D eigenvalue weighted by Crippen LogP contribution is 2.21. The molecule has 18 heavy (non-hydrogen) atoms. The van der Waals surface area contributed by atoms with E-state index in [4.69, 9.17) is 5.73 Å². The van der Waals surface area contributed by atoms with Gasteiger partial charge in [-0.1, -0.05) is 6.07 Å². The molecule has 2 aromatic rings. The Morgan fingerprint density at radius 2 is 2.11 bits per heavy atom. The van der Waals surface area contributed by atoms with Gasteiger partial charge in [0.15, 0.2) is 5.03 Å². The molecule has 0 atom stereocenters. The minimum absolute atomic E-state index is 0.0215. The number of aromatic nitrogens is 2. The Morgan fingerprint density at radius 1 is 1.39 bits per heavy atom. The molecule has 0 saturated carbocycles. The summed E-state index contributed by atoms with van der Waals surface area (Å²) in [7, 11) is -1.96. The molecule has 0 bridgehead atoms. The third-order valence-corrected chi connectivity index (χ3v) is 3.71. The molecule has 1 aromatic carbocycles. The molecule has 6 nitrogen and oxygen atoms in total. The average Bonchev–Trinajstić information content (AvgIpc) is 2.71. The molecule has 0 amide bonds. The van der Waals surface area contributed by atoms with Gasteiger partial charge in [-0.05, 0) is 24.6 Å². The zero-order valence-corrected chi connectivity index (χ0v) is 10.9. The first-order valence-corrected chi connectivity index (χ1v) is 6.74. The van der Waals surface area contributed by atoms with Gasteiger partial charge in [0.1, 0.15) is 0 Å². The van der Waals surface area contributed by atoms with Crippen LogP contribution in [-0.4, -0.2) is 18.0 Å². The van der Waals surface area contributed by atoms with Crippen molar-refractivity contribution >= 4 is 21.4 Å². The predicted octanol–water partition coefficient (Wildman–Crippen LogP) is 1.11. The molecule has 2 rings (SSSR count). The molecule has 96 valence electrons. The summed E-state index contributed by atoms with van der Waals surface area (Å²) >= 11 is 0. The Kier molecular flexibility index (Phi) is 3.00. The largest absolute Gasteiger partial charge is 0.399 e. The number of imidazole rings is 1. The van der Waals surface area contributed by atoms with Gasteiger partial charge in [-0.15, -0.1) is 0 Å². The van der Waals surface area contributed by atoms with Gasteiger partial charge in [0.25, 0.3) is 10.0 Å². The predicted molar refractivity (Wildman–Crippen MR) is 69.6 cm³/mol. The third kappa shape index (κ3) is 2.45. The number of nitrogens with two attached hydrogens (primary N) is 1. The Bertz CT molecular complexity index is 676. The van der Waals surface area contributed by atoms with Crippen LogP contribution in [0.25, 0.3) is 0 Å². The fourth-order valence-electron chi connectivity index (χ4n) is 1.47. The summed E-state index contributed by atoms with van der Waals surface area (Å²) in [5.74, 6) is 0. The molecule has 0 aliphatic rings. The molecular formula is C11H14N4O2S. The molecule has 0 saturated heterocycles. The fraction of sp³-hybridized carbons (Fsp3) is 0.182. The Morgan fingerprint density at radius 3 is 2.72 bits per heavy atom. The maximum Gasteiger partial charge on any atom is 0.280 e. The molecule has 1 aromatic heterocycles. The van der Waals surface area contributed by atoms with Gasteiger partial charge in [-0.3, -0.25) is 4.72 Å². The van der Waals surface area contributed by atoms with Crippen LogP contribution in [0.3, 0.4) is 0 Å². The quantitative estimate of drug-likeness (QED) is 0.814. The van der Waals surface area contributed by atoms with Crippen LogP contribution < -0.4 is 10.5 Å². The van der Waals surface area contributed by atoms with E-state index in [1.165, 1.54) is 12.5 Å². The van der Waals surface area contributed by atoms with Gasteiger partial charge < -0.3 is 10.3 Å². The number of nitrogens with zero attached hydrogens (tertiary/aromatic N) is 2. The summed E-state index contributed by atoms with van der Waals surface area (Å²) in [5.41, 5.74) is 7.39. The van der Waals surface area contributed by atoms with Crippen LogP contribution in [0.5, 0.6) is 0 Å². The lowest BCUT2D eigenvalue weighted by atomic mass is 10.2. The van der Waals surface area contributed by atoms with Crippen molar-refractivity contribution in [2.45, 2.75) is 11.9 Å². The standard InChI is InChI=1S/C11H14N4O2S/c1-8-3-4-9(12)5-10(8)14-18(16,17)11-6-15(2)7-13-11/h3-7,14H,12H2,1-2H3. The second kappa shape index (κ2) is 4.34. The van der Waals surface area contributed by atoms with Gasteiger partial charge in [-0.2, -0.15) is 8.42 Å². The minimum Gasteiger partial charge on any atom is -0.399 e. The van der Waals surface area contributed by atoms with Crippen LogP contribution in [0, 0.1) is 6.92 Å². The summed E-state index contributed by atoms with van der Waals surface area (Å²) in [5, 5.41) is -0.0215. The first kappa shape index (κ1) is 12.4. The monoisotopic (exact) mass is 266 g/mol. The number of hydrogen-bond donors (Lipinski definition) is 2. The van der Waals surface area contributed by atoms with E-state index in [0.29, 0.717) is 11.4 Å². The van der Waals surface area contributed by atoms with E-state index in [-0.39, 0.29) is 5.03 Å². The van der Waals surface area contributed by atoms with Crippen molar-refractivity contribution in [3.8, 4) is 0 Å². The van der Waals surface area contributed by atoms with E-state index in [1.54, 1.807) is 36.7 Å². The Balaban J connectivity index is 2.36. The summed E-state index contributed by atoms with van der Waals surface area (Å²) in [6, 6.07) is 5.05. The molecule has 0 spiro atoms. The zero-order chi connectivity index (χ0) is 13.3. The lowest BCUT2D eigenvalue weighted by molar-refractivity contribution is 0.598. The van der Waals surface area contributed by atoms with Gasteiger partial charge in [0.05, 0.1) is 12.0 Å². The van der Waals surface area contributed by atoms with Crippen molar-refractivity contribution in [2.75, 3.05) is 10.5 Å². The van der Waals surface area contributed by atoms with Crippen LogP contribution in [0.2, 0.25) is 0 Å². The average molecular weight is 266 g/mol. The highest BCUT2D eigenvalue weighted by Gasteiger charge is 2.17. The SMILES string of the molecule is Cc1ccc(N)cc1NS(=O)(=O)c1cn(C)cn1. The van der Waals surface area contributed by atoms with E-state index in [0.717, 1.165) is 5.56 Å². The van der Waals surface area contributed by atoms with Crippen molar-refractivity contribution < 1.29 is 8.42 Å². The summed E-state index contributed by atoms with van der Waals surface area (Å²) in [6.45, 7) is 1.80. The number of rotatable bonds is 3. The lowest BCUT2D eigenvalue weighted by Gasteiger charge is -2.09. The van der Waals surface area contributed by atoms with Crippen molar-refractivity contribution in [1.29, 1.82) is 0 Å². The minimum atomic E-state index is -3.67. The Labute approximate surface area is 106 Å². The van der Waals surface area contributed by atoms with E-state index in [2.05, 4.69) is 9.71 Å². The number of aryl methyl sites for hydroxylation is 2. The molecule has 0 unspecified atom stereocenters. The molecule has 3 N–H and O–H groups in total. The first-order valence-electron chi connectivity index (χ1n) is 5.25. The smallest absolute Gasteiger partial charge is 0.280 e. The van der Waals surface area contributed by atoms with Crippen LogP contribution in [0.1, 0.15) is 5.56 Å². The second-order valence-electron chi connectivity index (χ2n) is 4.06. The number of benzene rings is 1. The molecule has 0 radical (unpaired) electrons. The summed E-state index contributed by atoms with van der Waals surface area (Å²) in [6.07, 6.45) is 2.87. The van der Waals surface area contributed by atoms with E-state index in [9.17, 15) is 8.42 Å². The molecule has 7 heteroatoms. The normalized spacial score (nSPS) is 11.4. The maximum absolute atomic E-state index is 12.1. The van der Waals surface area contributed by atoms with Crippen LogP contribution in [0.4, 0.5) is 11.4 Å².